The molecule has 0 unspecified atom stereocenters. The van der Waals surface area contributed by atoms with Crippen molar-refractivity contribution in [2.24, 2.45) is 0 Å². The number of nitrogens with one attached hydrogen (secondary N) is 1. The zero-order valence-corrected chi connectivity index (χ0v) is 13.2. The standard InChI is InChI=1S/C15H25N5O/c1-4-7-20-8-5-6-12(11-20)17-14-10-16-9-13(18-14)15(21)19(2)3/h9-10,12H,4-8,11H2,1-3H3,(H,17,18)/t12-/m1/s1. The Morgan fingerprint density at radius 3 is 3.00 bits per heavy atom. The lowest BCUT2D eigenvalue weighted by Crippen LogP contribution is -2.42. The van der Waals surface area contributed by atoms with Crippen molar-refractivity contribution < 1.29 is 4.79 Å². The number of hydrogen-bond acceptors (Lipinski definition) is 5. The molecular weight excluding hydrogens is 266 g/mol. The van der Waals surface area contributed by atoms with E-state index in [2.05, 4.69) is 27.1 Å². The smallest absolute Gasteiger partial charge is 0.273 e. The van der Waals surface area contributed by atoms with E-state index in [1.807, 2.05) is 0 Å². The Morgan fingerprint density at radius 1 is 1.48 bits per heavy atom. The van der Waals surface area contributed by atoms with E-state index in [0.717, 1.165) is 19.5 Å². The number of aromatic nitrogens is 2. The van der Waals surface area contributed by atoms with E-state index in [4.69, 9.17) is 0 Å². The zero-order valence-electron chi connectivity index (χ0n) is 13.2. The summed E-state index contributed by atoms with van der Waals surface area (Å²) < 4.78 is 0. The van der Waals surface area contributed by atoms with Crippen LogP contribution in [0.1, 0.15) is 36.7 Å². The van der Waals surface area contributed by atoms with E-state index in [1.165, 1.54) is 30.5 Å². The van der Waals surface area contributed by atoms with E-state index in [1.54, 1.807) is 20.3 Å². The molecule has 0 aliphatic carbocycles. The van der Waals surface area contributed by atoms with Gasteiger partial charge in [-0.2, -0.15) is 0 Å². The molecule has 21 heavy (non-hydrogen) atoms. The molecule has 1 aliphatic rings. The van der Waals surface area contributed by atoms with Crippen LogP contribution in [0.4, 0.5) is 5.82 Å². The Labute approximate surface area is 126 Å². The van der Waals surface area contributed by atoms with Crippen LogP contribution in [-0.2, 0) is 0 Å². The van der Waals surface area contributed by atoms with Crippen LogP contribution in [0, 0.1) is 0 Å². The van der Waals surface area contributed by atoms with Gasteiger partial charge in [0.05, 0.1) is 12.4 Å². The van der Waals surface area contributed by atoms with Crippen LogP contribution in [0.3, 0.4) is 0 Å². The van der Waals surface area contributed by atoms with Gasteiger partial charge >= 0.3 is 0 Å². The Morgan fingerprint density at radius 2 is 2.29 bits per heavy atom. The predicted octanol–water partition coefficient (Wildman–Crippen LogP) is 1.46. The summed E-state index contributed by atoms with van der Waals surface area (Å²) >= 11 is 0. The maximum atomic E-state index is 11.9. The highest BCUT2D eigenvalue weighted by molar-refractivity contribution is 5.91. The quantitative estimate of drug-likeness (QED) is 0.890. The van der Waals surface area contributed by atoms with Crippen LogP contribution in [0.25, 0.3) is 0 Å². The third-order valence-corrected chi connectivity index (χ3v) is 3.66. The Balaban J connectivity index is 1.99. The summed E-state index contributed by atoms with van der Waals surface area (Å²) in [5, 5.41) is 3.42. The molecule has 1 saturated heterocycles. The average Bonchev–Trinajstić information content (AvgIpc) is 2.47. The molecule has 6 heteroatoms. The molecule has 0 saturated carbocycles. The van der Waals surface area contributed by atoms with Gasteiger partial charge in [0.25, 0.3) is 5.91 Å². The Bertz CT molecular complexity index is 475. The van der Waals surface area contributed by atoms with Crippen LogP contribution in [0.2, 0.25) is 0 Å². The van der Waals surface area contributed by atoms with Crippen LogP contribution in [0.5, 0.6) is 0 Å². The van der Waals surface area contributed by atoms with Gasteiger partial charge < -0.3 is 15.1 Å². The Hall–Kier alpha value is -1.69. The van der Waals surface area contributed by atoms with Crippen molar-refractivity contribution in [2.45, 2.75) is 32.2 Å². The number of carbonyl (C=O) groups excluding carboxylic acids is 1. The molecular formula is C15H25N5O. The van der Waals surface area contributed by atoms with Crippen molar-refractivity contribution in [3.05, 3.63) is 18.1 Å². The number of carbonyl (C=O) groups is 1. The third kappa shape index (κ3) is 4.39. The third-order valence-electron chi connectivity index (χ3n) is 3.66. The molecule has 1 atom stereocenters. The first-order valence-corrected chi connectivity index (χ1v) is 7.62. The molecule has 1 N–H and O–H groups in total. The van der Waals surface area contributed by atoms with Crippen LogP contribution in [-0.4, -0.2) is 65.4 Å². The fourth-order valence-corrected chi connectivity index (χ4v) is 2.67. The first-order valence-electron chi connectivity index (χ1n) is 7.62. The van der Waals surface area contributed by atoms with Crippen molar-refractivity contribution >= 4 is 11.7 Å². The molecule has 1 amide bonds. The van der Waals surface area contributed by atoms with Gasteiger partial charge in [0, 0.05) is 26.7 Å². The van der Waals surface area contributed by atoms with Crippen molar-refractivity contribution in [2.75, 3.05) is 39.0 Å². The largest absolute Gasteiger partial charge is 0.365 e. The lowest BCUT2D eigenvalue weighted by molar-refractivity contribution is 0.0821. The lowest BCUT2D eigenvalue weighted by Gasteiger charge is -2.33. The van der Waals surface area contributed by atoms with Gasteiger partial charge in [0.1, 0.15) is 11.5 Å². The molecule has 0 radical (unpaired) electrons. The normalized spacial score (nSPS) is 19.3. The number of rotatable bonds is 5. The number of nitrogens with zero attached hydrogens (tertiary/aromatic N) is 4. The Kier molecular flexibility index (Phi) is 5.50. The SMILES string of the molecule is CCCN1CCC[C@@H](Nc2cncc(C(=O)N(C)C)n2)C1. The number of anilines is 1. The molecule has 1 aromatic rings. The van der Waals surface area contributed by atoms with Gasteiger partial charge in [0.2, 0.25) is 0 Å². The second kappa shape index (κ2) is 7.36. The molecule has 2 rings (SSSR count). The summed E-state index contributed by atoms with van der Waals surface area (Å²) in [7, 11) is 3.43. The van der Waals surface area contributed by atoms with Gasteiger partial charge in [0.15, 0.2) is 0 Å². The molecule has 116 valence electrons. The van der Waals surface area contributed by atoms with Gasteiger partial charge in [-0.25, -0.2) is 4.98 Å². The minimum atomic E-state index is -0.123. The maximum Gasteiger partial charge on any atom is 0.273 e. The lowest BCUT2D eigenvalue weighted by atomic mass is 10.1. The van der Waals surface area contributed by atoms with Crippen LogP contribution in [0.15, 0.2) is 12.4 Å². The molecule has 0 aromatic carbocycles. The summed E-state index contributed by atoms with van der Waals surface area (Å²) in [6, 6.07) is 0.379. The summed E-state index contributed by atoms with van der Waals surface area (Å²) in [5.74, 6) is 0.563. The predicted molar refractivity (Wildman–Crippen MR) is 83.4 cm³/mol. The van der Waals surface area contributed by atoms with E-state index in [-0.39, 0.29) is 5.91 Å². The van der Waals surface area contributed by atoms with E-state index < -0.39 is 0 Å². The van der Waals surface area contributed by atoms with Crippen LogP contribution >= 0.6 is 0 Å². The van der Waals surface area contributed by atoms with E-state index >= 15 is 0 Å². The maximum absolute atomic E-state index is 11.9. The molecule has 2 heterocycles. The van der Waals surface area contributed by atoms with Gasteiger partial charge in [-0.1, -0.05) is 6.92 Å². The summed E-state index contributed by atoms with van der Waals surface area (Å²) in [5.41, 5.74) is 0.381. The summed E-state index contributed by atoms with van der Waals surface area (Å²) in [4.78, 5) is 24.4. The van der Waals surface area contributed by atoms with Gasteiger partial charge in [-0.05, 0) is 32.4 Å². The fraction of sp³-hybridized carbons (Fsp3) is 0.667. The number of likely N-dealkylation sites (tertiary alicyclic amines) is 1. The monoisotopic (exact) mass is 291 g/mol. The number of hydrogen-bond donors (Lipinski definition) is 1. The highest BCUT2D eigenvalue weighted by Gasteiger charge is 2.20. The fourth-order valence-electron chi connectivity index (χ4n) is 2.67. The van der Waals surface area contributed by atoms with E-state index in [0.29, 0.717) is 17.6 Å². The minimum Gasteiger partial charge on any atom is -0.365 e. The van der Waals surface area contributed by atoms with Crippen molar-refractivity contribution in [3.8, 4) is 0 Å². The molecule has 6 nitrogen and oxygen atoms in total. The van der Waals surface area contributed by atoms with Gasteiger partial charge in [-0.3, -0.25) is 9.78 Å². The zero-order chi connectivity index (χ0) is 15.2. The molecule has 1 fully saturated rings. The van der Waals surface area contributed by atoms with E-state index in [9.17, 15) is 4.79 Å². The number of amides is 1. The van der Waals surface area contributed by atoms with Crippen LogP contribution < -0.4 is 5.32 Å². The average molecular weight is 291 g/mol. The molecule has 0 spiro atoms. The molecule has 1 aromatic heterocycles. The number of piperidine rings is 1. The summed E-state index contributed by atoms with van der Waals surface area (Å²) in [6.07, 6.45) is 6.71. The highest BCUT2D eigenvalue weighted by atomic mass is 16.2. The summed E-state index contributed by atoms with van der Waals surface area (Å²) in [6.45, 7) is 5.56. The minimum absolute atomic E-state index is 0.123. The molecule has 0 bridgehead atoms. The second-order valence-corrected chi connectivity index (χ2v) is 5.77. The first kappa shape index (κ1) is 15.7. The van der Waals surface area contributed by atoms with Crippen molar-refractivity contribution in [1.82, 2.24) is 19.8 Å². The van der Waals surface area contributed by atoms with Gasteiger partial charge in [-0.15, -0.1) is 0 Å². The van der Waals surface area contributed by atoms with Crippen molar-refractivity contribution in [3.63, 3.8) is 0 Å². The van der Waals surface area contributed by atoms with Crippen molar-refractivity contribution in [1.29, 1.82) is 0 Å². The topological polar surface area (TPSA) is 61.4 Å². The first-order chi connectivity index (χ1) is 10.1. The molecule has 1 aliphatic heterocycles. The second-order valence-electron chi connectivity index (χ2n) is 5.77. The highest BCUT2D eigenvalue weighted by Crippen LogP contribution is 2.15.